The largest absolute Gasteiger partial charge is 0.393 e. The lowest BCUT2D eigenvalue weighted by atomic mass is 9.96. The van der Waals surface area contributed by atoms with Gasteiger partial charge in [-0.25, -0.2) is 15.1 Å². The highest BCUT2D eigenvalue weighted by molar-refractivity contribution is 7.84. The maximum absolute atomic E-state index is 13.5. The number of aromatic nitrogens is 2. The zero-order chi connectivity index (χ0) is 26.2. The molecule has 5 rings (SSSR count). The molecule has 4 N–H and O–H groups in total. The van der Waals surface area contributed by atoms with Crippen LogP contribution in [0, 0.1) is 5.92 Å². The van der Waals surface area contributed by atoms with Gasteiger partial charge in [0.1, 0.15) is 18.2 Å². The van der Waals surface area contributed by atoms with Crippen LogP contribution >= 0.6 is 22.9 Å². The minimum absolute atomic E-state index is 0.219. The van der Waals surface area contributed by atoms with Gasteiger partial charge < -0.3 is 15.2 Å². The Bertz CT molecular complexity index is 1420. The lowest BCUT2D eigenvalue weighted by Gasteiger charge is -2.26. The van der Waals surface area contributed by atoms with E-state index in [-0.39, 0.29) is 24.5 Å². The van der Waals surface area contributed by atoms with Crippen molar-refractivity contribution in [3.8, 4) is 0 Å². The van der Waals surface area contributed by atoms with Gasteiger partial charge in [0.15, 0.2) is 0 Å². The SMILES string of the molecule is NS(=O)(=O)OC[C@H]1C[C@@H](Nc2ncncc2C(=O)c2ccc(C3OCCc4c(Cl)cccc43)s2)C[C@@H]1O. The molecule has 0 bridgehead atoms. The number of ether oxygens (including phenoxy) is 1. The molecule has 13 heteroatoms. The molecule has 4 atom stereocenters. The van der Waals surface area contributed by atoms with Crippen LogP contribution in [0.2, 0.25) is 5.02 Å². The maximum Gasteiger partial charge on any atom is 0.333 e. The second kappa shape index (κ2) is 10.7. The van der Waals surface area contributed by atoms with E-state index in [2.05, 4.69) is 19.5 Å². The number of fused-ring (bicyclic) bond motifs is 1. The molecule has 196 valence electrons. The second-order valence-corrected chi connectivity index (χ2v) is 11.8. The van der Waals surface area contributed by atoms with E-state index in [1.54, 1.807) is 6.07 Å². The van der Waals surface area contributed by atoms with Crippen molar-refractivity contribution in [2.75, 3.05) is 18.5 Å². The van der Waals surface area contributed by atoms with Crippen molar-refractivity contribution >= 4 is 44.8 Å². The van der Waals surface area contributed by atoms with Gasteiger partial charge in [0, 0.05) is 28.1 Å². The number of carbonyl (C=O) groups excluding carboxylic acids is 1. The van der Waals surface area contributed by atoms with E-state index in [1.165, 1.54) is 23.9 Å². The number of nitrogens with two attached hydrogens (primary N) is 1. The van der Waals surface area contributed by atoms with Crippen LogP contribution < -0.4 is 10.5 Å². The predicted octanol–water partition coefficient (Wildman–Crippen LogP) is 2.86. The zero-order valence-electron chi connectivity index (χ0n) is 19.5. The number of anilines is 1. The smallest absolute Gasteiger partial charge is 0.333 e. The Morgan fingerprint density at radius 2 is 2.14 bits per heavy atom. The number of hydrogen-bond acceptors (Lipinski definition) is 10. The highest BCUT2D eigenvalue weighted by atomic mass is 35.5. The van der Waals surface area contributed by atoms with E-state index in [0.717, 1.165) is 22.4 Å². The number of nitrogens with one attached hydrogen (secondary N) is 1. The molecule has 3 aromatic rings. The first-order valence-electron chi connectivity index (χ1n) is 11.6. The van der Waals surface area contributed by atoms with Crippen molar-refractivity contribution in [2.24, 2.45) is 11.1 Å². The molecule has 0 saturated heterocycles. The molecule has 3 heterocycles. The molecule has 1 aliphatic heterocycles. The fourth-order valence-electron chi connectivity index (χ4n) is 4.82. The zero-order valence-corrected chi connectivity index (χ0v) is 21.9. The topological polar surface area (TPSA) is 154 Å². The van der Waals surface area contributed by atoms with Crippen LogP contribution in [0.5, 0.6) is 0 Å². The highest BCUT2D eigenvalue weighted by Crippen LogP contribution is 2.39. The van der Waals surface area contributed by atoms with E-state index in [0.29, 0.717) is 40.7 Å². The van der Waals surface area contributed by atoms with Gasteiger partial charge in [-0.3, -0.25) is 8.98 Å². The molecule has 2 aromatic heterocycles. The number of nitrogens with zero attached hydrogens (tertiary/aromatic N) is 2. The molecule has 1 aromatic carbocycles. The van der Waals surface area contributed by atoms with Crippen LogP contribution in [0.4, 0.5) is 5.82 Å². The van der Waals surface area contributed by atoms with Crippen LogP contribution in [-0.4, -0.2) is 54.6 Å². The number of aliphatic hydroxyl groups excluding tert-OH is 1. The van der Waals surface area contributed by atoms with E-state index < -0.39 is 22.3 Å². The van der Waals surface area contributed by atoms with Crippen molar-refractivity contribution in [1.82, 2.24) is 9.97 Å². The van der Waals surface area contributed by atoms with Crippen molar-refractivity contribution in [3.05, 3.63) is 74.3 Å². The molecule has 10 nitrogen and oxygen atoms in total. The van der Waals surface area contributed by atoms with Crippen LogP contribution in [0.15, 0.2) is 42.9 Å². The molecular formula is C24H25ClN4O6S2. The molecule has 37 heavy (non-hydrogen) atoms. The fraction of sp³-hybridized carbons (Fsp3) is 0.375. The summed E-state index contributed by atoms with van der Waals surface area (Å²) in [5.74, 6) is -0.330. The summed E-state index contributed by atoms with van der Waals surface area (Å²) in [6, 6.07) is 9.17. The first-order chi connectivity index (χ1) is 17.7. The summed E-state index contributed by atoms with van der Waals surface area (Å²) in [7, 11) is -4.10. The first kappa shape index (κ1) is 26.2. The summed E-state index contributed by atoms with van der Waals surface area (Å²) in [4.78, 5) is 23.2. The minimum atomic E-state index is -4.10. The van der Waals surface area contributed by atoms with Gasteiger partial charge in [0.2, 0.25) is 5.78 Å². The third kappa shape index (κ3) is 5.85. The summed E-state index contributed by atoms with van der Waals surface area (Å²) >= 11 is 7.74. The maximum atomic E-state index is 13.5. The van der Waals surface area contributed by atoms with Crippen LogP contribution in [0.25, 0.3) is 0 Å². The average Bonchev–Trinajstić information content (AvgIpc) is 3.49. The van der Waals surface area contributed by atoms with E-state index in [9.17, 15) is 18.3 Å². The second-order valence-electron chi connectivity index (χ2n) is 9.04. The quantitative estimate of drug-likeness (QED) is 0.350. The van der Waals surface area contributed by atoms with Gasteiger partial charge in [-0.05, 0) is 48.6 Å². The number of aliphatic hydroxyl groups is 1. The van der Waals surface area contributed by atoms with Gasteiger partial charge in [-0.15, -0.1) is 11.3 Å². The van der Waals surface area contributed by atoms with Crippen LogP contribution in [-0.2, 0) is 25.6 Å². The van der Waals surface area contributed by atoms with Crippen molar-refractivity contribution in [3.63, 3.8) is 0 Å². The Kier molecular flexibility index (Phi) is 7.59. The van der Waals surface area contributed by atoms with Gasteiger partial charge in [-0.2, -0.15) is 8.42 Å². The van der Waals surface area contributed by atoms with E-state index in [1.807, 2.05) is 24.3 Å². The standard InChI is InChI=1S/C24H25ClN4O6S2/c25-18-3-1-2-16-15(18)6-7-34-23(16)21-5-4-20(36-21)22(31)17-10-27-12-28-24(17)29-14-8-13(19(30)9-14)11-35-37(26,32)33/h1-5,10,12-14,19,23,30H,6-9,11H2,(H2,26,32,33)(H,27,28,29)/t13-,14-,19+,23?/m1/s1. The molecule has 0 amide bonds. The Hall–Kier alpha value is -2.45. The summed E-state index contributed by atoms with van der Waals surface area (Å²) in [5.41, 5.74) is 2.37. The normalized spacial score (nSPS) is 23.5. The number of thiophene rings is 1. The fourth-order valence-corrected chi connectivity index (χ4v) is 6.49. The van der Waals surface area contributed by atoms with Crippen molar-refractivity contribution in [1.29, 1.82) is 0 Å². The lowest BCUT2D eigenvalue weighted by molar-refractivity contribution is 0.0722. The number of ketones is 1. The lowest BCUT2D eigenvalue weighted by Crippen LogP contribution is -2.24. The van der Waals surface area contributed by atoms with Gasteiger partial charge in [0.25, 0.3) is 0 Å². The molecule has 0 spiro atoms. The summed E-state index contributed by atoms with van der Waals surface area (Å²) in [6.45, 7) is 0.322. The molecule has 1 unspecified atom stereocenters. The van der Waals surface area contributed by atoms with Crippen molar-refractivity contribution < 1.29 is 27.2 Å². The van der Waals surface area contributed by atoms with Crippen LogP contribution in [0.1, 0.15) is 50.2 Å². The summed E-state index contributed by atoms with van der Waals surface area (Å²) in [5, 5.41) is 19.1. The Morgan fingerprint density at radius 3 is 2.95 bits per heavy atom. The minimum Gasteiger partial charge on any atom is -0.393 e. The molecule has 1 fully saturated rings. The molecular weight excluding hydrogens is 540 g/mol. The highest BCUT2D eigenvalue weighted by Gasteiger charge is 2.35. The van der Waals surface area contributed by atoms with Gasteiger partial charge in [0.05, 0.1) is 29.8 Å². The van der Waals surface area contributed by atoms with E-state index in [4.69, 9.17) is 21.5 Å². The number of hydrogen-bond donors (Lipinski definition) is 3. The summed E-state index contributed by atoms with van der Waals surface area (Å²) in [6.07, 6.45) is 3.20. The number of rotatable bonds is 8. The molecule has 1 aliphatic carbocycles. The monoisotopic (exact) mass is 564 g/mol. The van der Waals surface area contributed by atoms with Gasteiger partial charge >= 0.3 is 10.3 Å². The third-order valence-corrected chi connectivity index (χ3v) is 8.53. The van der Waals surface area contributed by atoms with E-state index >= 15 is 0 Å². The molecule has 1 saturated carbocycles. The average molecular weight is 565 g/mol. The van der Waals surface area contributed by atoms with Gasteiger partial charge in [-0.1, -0.05) is 23.7 Å². The summed E-state index contributed by atoms with van der Waals surface area (Å²) < 4.78 is 32.9. The Balaban J connectivity index is 1.32. The molecule has 0 radical (unpaired) electrons. The number of halogens is 1. The first-order valence-corrected chi connectivity index (χ1v) is 14.3. The number of benzene rings is 1. The third-order valence-electron chi connectivity index (χ3n) is 6.58. The molecule has 2 aliphatic rings. The number of carbonyl (C=O) groups is 1. The Morgan fingerprint density at radius 1 is 1.30 bits per heavy atom. The Labute approximate surface area is 223 Å². The predicted molar refractivity (Wildman–Crippen MR) is 138 cm³/mol. The van der Waals surface area contributed by atoms with Crippen LogP contribution in [0.3, 0.4) is 0 Å². The van der Waals surface area contributed by atoms with Crippen molar-refractivity contribution in [2.45, 2.75) is 37.5 Å².